The highest BCUT2D eigenvalue weighted by Gasteiger charge is 2.31. The number of benzene rings is 1. The number of carbonyl (C=O) groups is 2. The Labute approximate surface area is 117 Å². The van der Waals surface area contributed by atoms with Gasteiger partial charge in [0.05, 0.1) is 19.1 Å². The van der Waals surface area contributed by atoms with E-state index in [1.165, 1.54) is 6.92 Å². The van der Waals surface area contributed by atoms with Crippen LogP contribution in [-0.4, -0.2) is 31.1 Å². The number of nitrogens with one attached hydrogen (secondary N) is 2. The summed E-state index contributed by atoms with van der Waals surface area (Å²) in [5.41, 5.74) is 8.05. The fraction of sp³-hybridized carbons (Fsp3) is 0.429. The summed E-state index contributed by atoms with van der Waals surface area (Å²) in [5, 5.41) is 5.53. The molecule has 108 valence electrons. The zero-order valence-electron chi connectivity index (χ0n) is 11.6. The van der Waals surface area contributed by atoms with E-state index < -0.39 is 0 Å². The maximum atomic E-state index is 12.1. The second kappa shape index (κ2) is 6.02. The maximum Gasteiger partial charge on any atom is 0.231 e. The van der Waals surface area contributed by atoms with Gasteiger partial charge >= 0.3 is 0 Å². The Balaban J connectivity index is 2.09. The Kier molecular flexibility index (Phi) is 4.36. The van der Waals surface area contributed by atoms with Crippen molar-refractivity contribution in [1.29, 1.82) is 0 Å². The minimum atomic E-state index is -0.333. The quantitative estimate of drug-likeness (QED) is 0.764. The van der Waals surface area contributed by atoms with E-state index in [4.69, 9.17) is 10.5 Å². The van der Waals surface area contributed by atoms with Gasteiger partial charge in [-0.15, -0.1) is 0 Å². The topological polar surface area (TPSA) is 93.5 Å². The van der Waals surface area contributed by atoms with E-state index in [0.717, 1.165) is 5.56 Å². The molecule has 0 spiro atoms. The molecule has 6 nitrogen and oxygen atoms in total. The highest BCUT2D eigenvalue weighted by molar-refractivity contribution is 5.95. The lowest BCUT2D eigenvalue weighted by Crippen LogP contribution is -2.37. The van der Waals surface area contributed by atoms with Gasteiger partial charge in [0, 0.05) is 24.3 Å². The van der Waals surface area contributed by atoms with E-state index in [-0.39, 0.29) is 23.8 Å². The first-order valence-corrected chi connectivity index (χ1v) is 6.50. The molecule has 1 heterocycles. The molecule has 2 atom stereocenters. The summed E-state index contributed by atoms with van der Waals surface area (Å²) in [7, 11) is 0. The third kappa shape index (κ3) is 3.34. The second-order valence-corrected chi connectivity index (χ2v) is 5.01. The van der Waals surface area contributed by atoms with Crippen LogP contribution in [0.1, 0.15) is 12.5 Å². The van der Waals surface area contributed by atoms with Crippen LogP contribution in [0, 0.1) is 12.8 Å². The van der Waals surface area contributed by atoms with E-state index >= 15 is 0 Å². The number of ether oxygens (including phenoxy) is 1. The van der Waals surface area contributed by atoms with E-state index in [2.05, 4.69) is 10.6 Å². The summed E-state index contributed by atoms with van der Waals surface area (Å²) in [6, 6.07) is 5.09. The molecule has 4 N–H and O–H groups in total. The molecular formula is C14H19N3O3. The van der Waals surface area contributed by atoms with Crippen LogP contribution >= 0.6 is 0 Å². The molecule has 0 saturated carbocycles. The fourth-order valence-electron chi connectivity index (χ4n) is 2.10. The number of hydrogen-bond donors (Lipinski definition) is 3. The number of nitrogens with two attached hydrogens (primary N) is 1. The van der Waals surface area contributed by atoms with Crippen LogP contribution in [0.25, 0.3) is 0 Å². The molecule has 1 aliphatic rings. The molecule has 1 aliphatic heterocycles. The van der Waals surface area contributed by atoms with Gasteiger partial charge in [0.25, 0.3) is 0 Å². The van der Waals surface area contributed by atoms with Gasteiger partial charge in [0.1, 0.15) is 0 Å². The average Bonchev–Trinajstić information content (AvgIpc) is 2.79. The van der Waals surface area contributed by atoms with Crippen LogP contribution in [0.2, 0.25) is 0 Å². The average molecular weight is 277 g/mol. The highest BCUT2D eigenvalue weighted by atomic mass is 16.5. The Bertz CT molecular complexity index is 530. The molecule has 20 heavy (non-hydrogen) atoms. The summed E-state index contributed by atoms with van der Waals surface area (Å²) < 4.78 is 5.18. The largest absolute Gasteiger partial charge is 0.379 e. The lowest BCUT2D eigenvalue weighted by molar-refractivity contribution is -0.120. The number of hydrogen-bond acceptors (Lipinski definition) is 4. The van der Waals surface area contributed by atoms with E-state index in [1.54, 1.807) is 12.1 Å². The number of amides is 2. The predicted molar refractivity (Wildman–Crippen MR) is 76.4 cm³/mol. The number of aryl methyl sites for hydroxylation is 1. The van der Waals surface area contributed by atoms with Crippen LogP contribution in [0.15, 0.2) is 18.2 Å². The number of rotatable bonds is 3. The summed E-state index contributed by atoms with van der Waals surface area (Å²) in [5.74, 6) is -0.643. The van der Waals surface area contributed by atoms with Crippen LogP contribution in [-0.2, 0) is 14.3 Å². The molecule has 1 saturated heterocycles. The molecule has 0 bridgehead atoms. The second-order valence-electron chi connectivity index (χ2n) is 5.01. The van der Waals surface area contributed by atoms with Crippen molar-refractivity contribution in [3.63, 3.8) is 0 Å². The van der Waals surface area contributed by atoms with Crippen molar-refractivity contribution in [2.24, 2.45) is 11.7 Å². The standard InChI is InChI=1S/C14H19N3O3/c1-8-3-4-10(5-13(8)16-9(2)18)17-14(19)11-6-20-7-12(11)15/h3-5,11-12H,6-7,15H2,1-2H3,(H,16,18)(H,17,19). The number of anilines is 2. The van der Waals surface area contributed by atoms with Gasteiger partial charge in [0.15, 0.2) is 0 Å². The van der Waals surface area contributed by atoms with Crippen molar-refractivity contribution in [3.8, 4) is 0 Å². The monoisotopic (exact) mass is 277 g/mol. The maximum absolute atomic E-state index is 12.1. The van der Waals surface area contributed by atoms with Gasteiger partial charge in [-0.25, -0.2) is 0 Å². The summed E-state index contributed by atoms with van der Waals surface area (Å²) >= 11 is 0. The van der Waals surface area contributed by atoms with Crippen molar-refractivity contribution in [2.75, 3.05) is 23.8 Å². The van der Waals surface area contributed by atoms with E-state index in [0.29, 0.717) is 24.6 Å². The third-order valence-corrected chi connectivity index (χ3v) is 3.28. The van der Waals surface area contributed by atoms with Crippen molar-refractivity contribution in [3.05, 3.63) is 23.8 Å². The van der Waals surface area contributed by atoms with Crippen molar-refractivity contribution in [1.82, 2.24) is 0 Å². The summed E-state index contributed by atoms with van der Waals surface area (Å²) in [6.45, 7) is 4.08. The molecule has 1 aromatic rings. The Morgan fingerprint density at radius 2 is 2.05 bits per heavy atom. The molecule has 1 aromatic carbocycles. The molecule has 1 fully saturated rings. The SMILES string of the molecule is CC(=O)Nc1cc(NC(=O)C2COCC2N)ccc1C. The molecule has 2 amide bonds. The summed E-state index contributed by atoms with van der Waals surface area (Å²) in [6.07, 6.45) is 0. The van der Waals surface area contributed by atoms with E-state index in [9.17, 15) is 9.59 Å². The van der Waals surface area contributed by atoms with Crippen LogP contribution < -0.4 is 16.4 Å². The zero-order valence-corrected chi connectivity index (χ0v) is 11.6. The lowest BCUT2D eigenvalue weighted by Gasteiger charge is -2.15. The van der Waals surface area contributed by atoms with Crippen LogP contribution in [0.4, 0.5) is 11.4 Å². The minimum Gasteiger partial charge on any atom is -0.379 e. The van der Waals surface area contributed by atoms with Gasteiger partial charge in [-0.05, 0) is 24.6 Å². The van der Waals surface area contributed by atoms with Gasteiger partial charge in [-0.1, -0.05) is 6.07 Å². The van der Waals surface area contributed by atoms with Crippen LogP contribution in [0.5, 0.6) is 0 Å². The Morgan fingerprint density at radius 3 is 2.65 bits per heavy atom. The lowest BCUT2D eigenvalue weighted by atomic mass is 10.0. The number of carbonyl (C=O) groups excluding carboxylic acids is 2. The van der Waals surface area contributed by atoms with Gasteiger partial charge in [0.2, 0.25) is 11.8 Å². The molecule has 0 aromatic heterocycles. The molecule has 0 aliphatic carbocycles. The fourth-order valence-corrected chi connectivity index (χ4v) is 2.10. The highest BCUT2D eigenvalue weighted by Crippen LogP contribution is 2.22. The summed E-state index contributed by atoms with van der Waals surface area (Å²) in [4.78, 5) is 23.2. The zero-order chi connectivity index (χ0) is 14.7. The first-order chi connectivity index (χ1) is 9.47. The molecule has 2 rings (SSSR count). The van der Waals surface area contributed by atoms with Gasteiger partial charge in [-0.3, -0.25) is 9.59 Å². The predicted octanol–water partition coefficient (Wildman–Crippen LogP) is 0.866. The smallest absolute Gasteiger partial charge is 0.231 e. The molecule has 2 unspecified atom stereocenters. The third-order valence-electron chi connectivity index (χ3n) is 3.28. The normalized spacial score (nSPS) is 21.6. The molecular weight excluding hydrogens is 258 g/mol. The first kappa shape index (κ1) is 14.5. The Morgan fingerprint density at radius 1 is 1.30 bits per heavy atom. The van der Waals surface area contributed by atoms with Gasteiger partial charge in [-0.2, -0.15) is 0 Å². The Hall–Kier alpha value is -1.92. The van der Waals surface area contributed by atoms with E-state index in [1.807, 2.05) is 13.0 Å². The molecule has 6 heteroatoms. The van der Waals surface area contributed by atoms with Crippen molar-refractivity contribution in [2.45, 2.75) is 19.9 Å². The van der Waals surface area contributed by atoms with Crippen molar-refractivity contribution < 1.29 is 14.3 Å². The minimum absolute atomic E-state index is 0.150. The van der Waals surface area contributed by atoms with Gasteiger partial charge < -0.3 is 21.1 Å². The van der Waals surface area contributed by atoms with Crippen molar-refractivity contribution >= 4 is 23.2 Å². The van der Waals surface area contributed by atoms with Crippen LogP contribution in [0.3, 0.4) is 0 Å². The first-order valence-electron chi connectivity index (χ1n) is 6.50. The molecule has 0 radical (unpaired) electrons.